The van der Waals surface area contributed by atoms with E-state index < -0.39 is 5.82 Å². The zero-order valence-corrected chi connectivity index (χ0v) is 10.9. The highest BCUT2D eigenvalue weighted by Crippen LogP contribution is 2.22. The molecule has 0 bridgehead atoms. The van der Waals surface area contributed by atoms with E-state index in [1.54, 1.807) is 12.1 Å². The minimum atomic E-state index is -0.476. The van der Waals surface area contributed by atoms with E-state index in [0.29, 0.717) is 12.0 Å². The Morgan fingerprint density at radius 3 is 3.00 bits per heavy atom. The van der Waals surface area contributed by atoms with E-state index in [1.165, 1.54) is 6.07 Å². The summed E-state index contributed by atoms with van der Waals surface area (Å²) < 4.78 is 18.7. The fourth-order valence-electron chi connectivity index (χ4n) is 2.19. The monoisotopic (exact) mass is 270 g/mol. The predicted molar refractivity (Wildman–Crippen MR) is 68.3 cm³/mol. The zero-order chi connectivity index (χ0) is 13.0. The van der Waals surface area contributed by atoms with Gasteiger partial charge in [-0.3, -0.25) is 4.79 Å². The predicted octanol–water partition coefficient (Wildman–Crippen LogP) is 3.55. The maximum atomic E-state index is 13.2. The van der Waals surface area contributed by atoms with Crippen molar-refractivity contribution in [1.29, 1.82) is 0 Å². The van der Waals surface area contributed by atoms with E-state index in [4.69, 9.17) is 16.3 Å². The Labute approximate surface area is 111 Å². The SMILES string of the molecule is O=C(Cc1cccc(F)c1Cl)CC1CCCCO1. The van der Waals surface area contributed by atoms with Crippen molar-refractivity contribution >= 4 is 17.4 Å². The number of carbonyl (C=O) groups excluding carboxylic acids is 1. The van der Waals surface area contributed by atoms with E-state index in [0.717, 1.165) is 25.9 Å². The van der Waals surface area contributed by atoms with Crippen molar-refractivity contribution in [3.05, 3.63) is 34.6 Å². The molecule has 0 amide bonds. The lowest BCUT2D eigenvalue weighted by Crippen LogP contribution is -2.23. The molecule has 0 radical (unpaired) electrons. The quantitative estimate of drug-likeness (QED) is 0.836. The molecular formula is C14H16ClFO2. The smallest absolute Gasteiger partial charge is 0.142 e. The molecule has 1 saturated heterocycles. The third-order valence-electron chi connectivity index (χ3n) is 3.15. The second-order valence-corrected chi connectivity index (χ2v) is 5.00. The van der Waals surface area contributed by atoms with E-state index in [1.807, 2.05) is 0 Å². The van der Waals surface area contributed by atoms with Crippen LogP contribution in [-0.2, 0) is 16.0 Å². The number of benzene rings is 1. The number of carbonyl (C=O) groups is 1. The second-order valence-electron chi connectivity index (χ2n) is 4.62. The molecule has 1 fully saturated rings. The summed E-state index contributed by atoms with van der Waals surface area (Å²) in [5.41, 5.74) is 0.553. The summed E-state index contributed by atoms with van der Waals surface area (Å²) in [6.07, 6.45) is 3.71. The van der Waals surface area contributed by atoms with Gasteiger partial charge in [0, 0.05) is 19.4 Å². The number of halogens is 2. The molecule has 18 heavy (non-hydrogen) atoms. The topological polar surface area (TPSA) is 26.3 Å². The molecule has 0 spiro atoms. The van der Waals surface area contributed by atoms with E-state index >= 15 is 0 Å². The van der Waals surface area contributed by atoms with Crippen molar-refractivity contribution in [1.82, 2.24) is 0 Å². The van der Waals surface area contributed by atoms with Crippen molar-refractivity contribution in [3.8, 4) is 0 Å². The summed E-state index contributed by atoms with van der Waals surface area (Å²) in [5.74, 6) is -0.426. The summed E-state index contributed by atoms with van der Waals surface area (Å²) in [4.78, 5) is 11.9. The van der Waals surface area contributed by atoms with Gasteiger partial charge in [-0.05, 0) is 30.9 Å². The maximum Gasteiger partial charge on any atom is 0.142 e. The second kappa shape index (κ2) is 6.30. The van der Waals surface area contributed by atoms with Gasteiger partial charge in [0.05, 0.1) is 11.1 Å². The van der Waals surface area contributed by atoms with Gasteiger partial charge in [-0.1, -0.05) is 23.7 Å². The minimum absolute atomic E-state index is 0.0265. The van der Waals surface area contributed by atoms with Crippen molar-refractivity contribution in [3.63, 3.8) is 0 Å². The lowest BCUT2D eigenvalue weighted by molar-refractivity contribution is -0.122. The number of ketones is 1. The Morgan fingerprint density at radius 2 is 2.28 bits per heavy atom. The summed E-state index contributed by atoms with van der Waals surface area (Å²) in [6.45, 7) is 0.735. The zero-order valence-electron chi connectivity index (χ0n) is 10.1. The molecule has 2 rings (SSSR count). The first-order valence-electron chi connectivity index (χ1n) is 6.23. The van der Waals surface area contributed by atoms with Gasteiger partial charge in [0.1, 0.15) is 11.6 Å². The van der Waals surface area contributed by atoms with E-state index in [-0.39, 0.29) is 23.3 Å². The van der Waals surface area contributed by atoms with Crippen LogP contribution >= 0.6 is 11.6 Å². The molecule has 4 heteroatoms. The van der Waals surface area contributed by atoms with Crippen LogP contribution in [0.15, 0.2) is 18.2 Å². The molecule has 1 aromatic carbocycles. The average Bonchev–Trinajstić information content (AvgIpc) is 2.36. The van der Waals surface area contributed by atoms with Crippen LogP contribution in [-0.4, -0.2) is 18.5 Å². The number of ether oxygens (including phenoxy) is 1. The molecular weight excluding hydrogens is 255 g/mol. The molecule has 1 aromatic rings. The van der Waals surface area contributed by atoms with Gasteiger partial charge in [0.15, 0.2) is 0 Å². The van der Waals surface area contributed by atoms with Gasteiger partial charge < -0.3 is 4.74 Å². The van der Waals surface area contributed by atoms with Crippen LogP contribution in [0.4, 0.5) is 4.39 Å². The van der Waals surface area contributed by atoms with Gasteiger partial charge in [0.25, 0.3) is 0 Å². The van der Waals surface area contributed by atoms with Gasteiger partial charge in [-0.25, -0.2) is 4.39 Å². The highest BCUT2D eigenvalue weighted by Gasteiger charge is 2.18. The normalized spacial score (nSPS) is 19.8. The highest BCUT2D eigenvalue weighted by molar-refractivity contribution is 6.31. The standard InChI is InChI=1S/C14H16ClFO2/c15-14-10(4-3-6-13(14)16)8-11(17)9-12-5-1-2-7-18-12/h3-4,6,12H,1-2,5,7-9H2. The van der Waals surface area contributed by atoms with Crippen LogP contribution in [0.2, 0.25) is 5.02 Å². The summed E-state index contributed by atoms with van der Waals surface area (Å²) >= 11 is 5.82. The van der Waals surface area contributed by atoms with Crippen LogP contribution in [0.5, 0.6) is 0 Å². The number of hydrogen-bond donors (Lipinski definition) is 0. The van der Waals surface area contributed by atoms with Crippen LogP contribution in [0, 0.1) is 5.82 Å². The molecule has 0 aliphatic carbocycles. The van der Waals surface area contributed by atoms with Gasteiger partial charge in [-0.15, -0.1) is 0 Å². The van der Waals surface area contributed by atoms with E-state index in [2.05, 4.69) is 0 Å². The van der Waals surface area contributed by atoms with Crippen LogP contribution < -0.4 is 0 Å². The molecule has 1 aliphatic rings. The summed E-state index contributed by atoms with van der Waals surface area (Å²) in [7, 11) is 0. The van der Waals surface area contributed by atoms with Crippen molar-refractivity contribution in [2.24, 2.45) is 0 Å². The van der Waals surface area contributed by atoms with Gasteiger partial charge in [0.2, 0.25) is 0 Å². The fraction of sp³-hybridized carbons (Fsp3) is 0.500. The van der Waals surface area contributed by atoms with E-state index in [9.17, 15) is 9.18 Å². The van der Waals surface area contributed by atoms with Crippen LogP contribution in [0.25, 0.3) is 0 Å². The van der Waals surface area contributed by atoms with Crippen LogP contribution in [0.1, 0.15) is 31.2 Å². The Bertz CT molecular complexity index is 428. The highest BCUT2D eigenvalue weighted by atomic mass is 35.5. The van der Waals surface area contributed by atoms with Crippen molar-refractivity contribution in [2.75, 3.05) is 6.61 Å². The van der Waals surface area contributed by atoms with Crippen LogP contribution in [0.3, 0.4) is 0 Å². The Morgan fingerprint density at radius 1 is 1.44 bits per heavy atom. The molecule has 0 saturated carbocycles. The molecule has 0 aromatic heterocycles. The first-order valence-corrected chi connectivity index (χ1v) is 6.61. The molecule has 1 aliphatic heterocycles. The first-order chi connectivity index (χ1) is 8.66. The first kappa shape index (κ1) is 13.5. The summed E-state index contributed by atoms with van der Waals surface area (Å²) in [6, 6.07) is 4.55. The number of hydrogen-bond acceptors (Lipinski definition) is 2. The molecule has 1 atom stereocenters. The lowest BCUT2D eigenvalue weighted by atomic mass is 10.00. The Hall–Kier alpha value is -0.930. The molecule has 2 nitrogen and oxygen atoms in total. The lowest BCUT2D eigenvalue weighted by Gasteiger charge is -2.21. The Balaban J connectivity index is 1.92. The third-order valence-corrected chi connectivity index (χ3v) is 3.57. The minimum Gasteiger partial charge on any atom is -0.378 e. The number of rotatable bonds is 4. The molecule has 98 valence electrons. The molecule has 0 N–H and O–H groups in total. The van der Waals surface area contributed by atoms with Crippen molar-refractivity contribution < 1.29 is 13.9 Å². The third kappa shape index (κ3) is 3.53. The fourth-order valence-corrected chi connectivity index (χ4v) is 2.38. The maximum absolute atomic E-state index is 13.2. The van der Waals surface area contributed by atoms with Gasteiger partial charge >= 0.3 is 0 Å². The summed E-state index contributed by atoms with van der Waals surface area (Å²) in [5, 5.41) is 0.0513. The Kier molecular flexibility index (Phi) is 4.72. The number of Topliss-reactive ketones (excluding diaryl/α,β-unsaturated/α-hetero) is 1. The van der Waals surface area contributed by atoms with Gasteiger partial charge in [-0.2, -0.15) is 0 Å². The molecule has 1 heterocycles. The average molecular weight is 271 g/mol. The largest absolute Gasteiger partial charge is 0.378 e. The van der Waals surface area contributed by atoms with Crippen molar-refractivity contribution in [2.45, 2.75) is 38.2 Å². The molecule has 1 unspecified atom stereocenters.